The summed E-state index contributed by atoms with van der Waals surface area (Å²) >= 11 is 0. The zero-order valence-corrected chi connectivity index (χ0v) is 18.3. The van der Waals surface area contributed by atoms with Crippen LogP contribution in [0, 0.1) is 0 Å². The van der Waals surface area contributed by atoms with Crippen molar-refractivity contribution in [1.29, 1.82) is 0 Å². The highest BCUT2D eigenvalue weighted by Crippen LogP contribution is 2.51. The van der Waals surface area contributed by atoms with Gasteiger partial charge >= 0.3 is 0 Å². The summed E-state index contributed by atoms with van der Waals surface area (Å²) in [5.74, 6) is 2.13. The molecule has 6 heteroatoms. The molecule has 29 heavy (non-hydrogen) atoms. The van der Waals surface area contributed by atoms with Gasteiger partial charge in [0, 0.05) is 17.5 Å². The van der Waals surface area contributed by atoms with Gasteiger partial charge in [-0.3, -0.25) is 4.79 Å². The van der Waals surface area contributed by atoms with Gasteiger partial charge in [0.05, 0.1) is 49.6 Å². The van der Waals surface area contributed by atoms with E-state index in [1.54, 1.807) is 27.4 Å². The van der Waals surface area contributed by atoms with Gasteiger partial charge in [-0.1, -0.05) is 0 Å². The standard InChI is InChI=1S/C23H30NO5/c1-24(2,3)17-10-8-14-12-20(27-5)22(28-6)23(29-7)21(14)15-9-11-18(25)19(26-4)13-16(15)17/h9,11-13,17H,8,10H2,1-7H3/q+1/t17-/m1/s1. The van der Waals surface area contributed by atoms with E-state index in [0.29, 0.717) is 23.0 Å². The van der Waals surface area contributed by atoms with Gasteiger partial charge in [0.15, 0.2) is 17.2 Å². The molecule has 1 aliphatic carbocycles. The normalized spacial score (nSPS) is 15.6. The molecular weight excluding hydrogens is 370 g/mol. The fraction of sp³-hybridized carbons (Fsp3) is 0.435. The van der Waals surface area contributed by atoms with Gasteiger partial charge in [-0.25, -0.2) is 0 Å². The molecule has 0 N–H and O–H groups in total. The fourth-order valence-corrected chi connectivity index (χ4v) is 4.24. The van der Waals surface area contributed by atoms with Crippen molar-refractivity contribution in [3.05, 3.63) is 45.6 Å². The quantitative estimate of drug-likeness (QED) is 0.720. The lowest BCUT2D eigenvalue weighted by molar-refractivity contribution is -0.902. The minimum absolute atomic E-state index is 0.151. The van der Waals surface area contributed by atoms with Gasteiger partial charge < -0.3 is 23.4 Å². The van der Waals surface area contributed by atoms with Crippen LogP contribution >= 0.6 is 0 Å². The van der Waals surface area contributed by atoms with Crippen LogP contribution < -0.4 is 24.4 Å². The van der Waals surface area contributed by atoms with E-state index >= 15 is 0 Å². The molecule has 0 saturated heterocycles. The molecule has 0 spiro atoms. The SMILES string of the molecule is COc1cc2c(c(OC)c1OC)-c1ccc(=O)c(OC)cc1[C@H]([N+](C)(C)C)CC2. The maximum atomic E-state index is 12.5. The van der Waals surface area contributed by atoms with Crippen LogP contribution in [-0.2, 0) is 6.42 Å². The molecule has 0 bridgehead atoms. The predicted octanol–water partition coefficient (Wildman–Crippen LogP) is 3.44. The number of aryl methyl sites for hydroxylation is 1. The van der Waals surface area contributed by atoms with Crippen molar-refractivity contribution >= 4 is 0 Å². The molecule has 1 atom stereocenters. The Labute approximate surface area is 172 Å². The summed E-state index contributed by atoms with van der Waals surface area (Å²) in [7, 11) is 12.9. The highest BCUT2D eigenvalue weighted by Gasteiger charge is 2.34. The highest BCUT2D eigenvalue weighted by atomic mass is 16.5. The molecule has 156 valence electrons. The van der Waals surface area contributed by atoms with Crippen molar-refractivity contribution in [2.24, 2.45) is 0 Å². The van der Waals surface area contributed by atoms with Gasteiger partial charge in [0.25, 0.3) is 0 Å². The van der Waals surface area contributed by atoms with Crippen molar-refractivity contribution in [1.82, 2.24) is 0 Å². The van der Waals surface area contributed by atoms with E-state index in [1.807, 2.05) is 18.2 Å². The molecule has 2 aromatic carbocycles. The van der Waals surface area contributed by atoms with Gasteiger partial charge in [-0.15, -0.1) is 0 Å². The largest absolute Gasteiger partial charge is 0.493 e. The number of rotatable bonds is 5. The first-order chi connectivity index (χ1) is 13.8. The third-order valence-electron chi connectivity index (χ3n) is 5.62. The van der Waals surface area contributed by atoms with Crippen LogP contribution in [-0.4, -0.2) is 54.1 Å². The maximum absolute atomic E-state index is 12.5. The Balaban J connectivity index is 2.47. The van der Waals surface area contributed by atoms with Crippen LogP contribution in [0.25, 0.3) is 11.1 Å². The molecule has 3 rings (SSSR count). The smallest absolute Gasteiger partial charge is 0.220 e. The van der Waals surface area contributed by atoms with Crippen molar-refractivity contribution in [3.8, 4) is 34.1 Å². The molecule has 0 saturated carbocycles. The molecule has 2 aromatic rings. The molecule has 6 nitrogen and oxygen atoms in total. The topological polar surface area (TPSA) is 54.0 Å². The number of benzene rings is 1. The van der Waals surface area contributed by atoms with Crippen LogP contribution in [0.15, 0.2) is 29.1 Å². The van der Waals surface area contributed by atoms with Crippen LogP contribution in [0.2, 0.25) is 0 Å². The first kappa shape index (κ1) is 21.0. The van der Waals surface area contributed by atoms with Crippen LogP contribution in [0.5, 0.6) is 23.0 Å². The van der Waals surface area contributed by atoms with Crippen LogP contribution in [0.1, 0.15) is 23.6 Å². The number of nitrogens with zero attached hydrogens (tertiary/aromatic N) is 1. The maximum Gasteiger partial charge on any atom is 0.220 e. The first-order valence-electron chi connectivity index (χ1n) is 9.62. The molecule has 0 heterocycles. The van der Waals surface area contributed by atoms with Gasteiger partial charge in [0.1, 0.15) is 6.04 Å². The number of quaternary nitrogens is 1. The van der Waals surface area contributed by atoms with E-state index in [2.05, 4.69) is 21.1 Å². The second-order valence-electron chi connectivity index (χ2n) is 8.13. The van der Waals surface area contributed by atoms with E-state index in [9.17, 15) is 4.79 Å². The Kier molecular flexibility index (Phi) is 5.75. The van der Waals surface area contributed by atoms with E-state index in [-0.39, 0.29) is 11.5 Å². The van der Waals surface area contributed by atoms with Crippen LogP contribution in [0.4, 0.5) is 0 Å². The molecule has 0 unspecified atom stereocenters. The summed E-state index contributed by atoms with van der Waals surface area (Å²) in [4.78, 5) is 12.5. The van der Waals surface area contributed by atoms with Crippen molar-refractivity contribution in [2.45, 2.75) is 18.9 Å². The Morgan fingerprint density at radius 2 is 1.52 bits per heavy atom. The van der Waals surface area contributed by atoms with E-state index in [4.69, 9.17) is 18.9 Å². The predicted molar refractivity (Wildman–Crippen MR) is 113 cm³/mol. The lowest BCUT2D eigenvalue weighted by atomic mass is 9.95. The second kappa shape index (κ2) is 7.95. The second-order valence-corrected chi connectivity index (χ2v) is 8.13. The summed E-state index contributed by atoms with van der Waals surface area (Å²) in [6.07, 6.45) is 1.75. The molecule has 0 radical (unpaired) electrons. The summed E-state index contributed by atoms with van der Waals surface area (Å²) in [5, 5.41) is 0. The Morgan fingerprint density at radius 3 is 2.07 bits per heavy atom. The number of methoxy groups -OCH3 is 4. The monoisotopic (exact) mass is 400 g/mol. The Bertz CT molecular complexity index is 978. The van der Waals surface area contributed by atoms with Crippen molar-refractivity contribution < 1.29 is 23.4 Å². The fourth-order valence-electron chi connectivity index (χ4n) is 4.24. The minimum atomic E-state index is -0.151. The zero-order chi connectivity index (χ0) is 21.3. The Hall–Kier alpha value is -2.73. The van der Waals surface area contributed by atoms with E-state index in [0.717, 1.165) is 39.6 Å². The third kappa shape index (κ3) is 3.65. The van der Waals surface area contributed by atoms with Gasteiger partial charge in [0.2, 0.25) is 11.2 Å². The van der Waals surface area contributed by atoms with Crippen molar-refractivity contribution in [2.75, 3.05) is 49.6 Å². The van der Waals surface area contributed by atoms with Gasteiger partial charge in [-0.2, -0.15) is 0 Å². The number of hydrogen-bond donors (Lipinski definition) is 0. The Morgan fingerprint density at radius 1 is 0.862 bits per heavy atom. The first-order valence-corrected chi connectivity index (χ1v) is 9.62. The number of ether oxygens (including phenoxy) is 4. The summed E-state index contributed by atoms with van der Waals surface area (Å²) in [6.45, 7) is 0. The number of fused-ring (bicyclic) bond motifs is 3. The van der Waals surface area contributed by atoms with Gasteiger partial charge in [-0.05, 0) is 41.8 Å². The highest BCUT2D eigenvalue weighted by molar-refractivity contribution is 5.82. The molecule has 0 fully saturated rings. The average Bonchev–Trinajstić information content (AvgIpc) is 2.94. The molecule has 0 aromatic heterocycles. The summed E-state index contributed by atoms with van der Waals surface area (Å²) in [6, 6.07) is 7.51. The zero-order valence-electron chi connectivity index (χ0n) is 18.3. The molecule has 1 aliphatic rings. The third-order valence-corrected chi connectivity index (χ3v) is 5.62. The van der Waals surface area contributed by atoms with Crippen molar-refractivity contribution in [3.63, 3.8) is 0 Å². The number of hydrogen-bond acceptors (Lipinski definition) is 5. The lowest BCUT2D eigenvalue weighted by Crippen LogP contribution is -2.39. The van der Waals surface area contributed by atoms with Crippen LogP contribution in [0.3, 0.4) is 0 Å². The molecular formula is C23H30NO5+. The minimum Gasteiger partial charge on any atom is -0.493 e. The summed E-state index contributed by atoms with van der Waals surface area (Å²) in [5.41, 5.74) is 3.90. The lowest BCUT2D eigenvalue weighted by Gasteiger charge is -2.34. The molecule has 0 aliphatic heterocycles. The summed E-state index contributed by atoms with van der Waals surface area (Å²) < 4.78 is 23.1. The van der Waals surface area contributed by atoms with E-state index < -0.39 is 0 Å². The average molecular weight is 400 g/mol. The molecule has 0 amide bonds. The van der Waals surface area contributed by atoms with E-state index in [1.165, 1.54) is 7.11 Å².